The third kappa shape index (κ3) is 3.90. The quantitative estimate of drug-likeness (QED) is 0.692. The fourth-order valence-electron chi connectivity index (χ4n) is 3.35. The molecule has 140 valence electrons. The molecule has 27 heavy (non-hydrogen) atoms. The lowest BCUT2D eigenvalue weighted by Crippen LogP contribution is -2.33. The minimum atomic E-state index is -0.396. The Morgan fingerprint density at radius 2 is 2.11 bits per heavy atom. The number of anilines is 1. The topological polar surface area (TPSA) is 79.8 Å². The fourth-order valence-corrected chi connectivity index (χ4v) is 4.17. The number of nitrogens with one attached hydrogen (secondary N) is 2. The molecule has 1 atom stereocenters. The molecule has 0 spiro atoms. The zero-order valence-electron chi connectivity index (χ0n) is 14.9. The standard InChI is InChI=1S/C19H20FN5OS/c1-11(12-8-13(20)10-21-9-12)22-19-24-15-6-7-27-17(15)16(25-19)18(26)23-14-4-2-3-5-14/h6-11,14H,2-5H2,1H3,(H,23,26)(H,22,24,25). The van der Waals surface area contributed by atoms with Crippen LogP contribution in [0.4, 0.5) is 10.3 Å². The Balaban J connectivity index is 1.60. The van der Waals surface area contributed by atoms with Crippen molar-refractivity contribution in [2.75, 3.05) is 5.32 Å². The molecule has 0 bridgehead atoms. The number of rotatable bonds is 5. The first-order chi connectivity index (χ1) is 13.1. The second kappa shape index (κ2) is 7.56. The van der Waals surface area contributed by atoms with Gasteiger partial charge < -0.3 is 10.6 Å². The van der Waals surface area contributed by atoms with Gasteiger partial charge in [-0.05, 0) is 42.8 Å². The van der Waals surface area contributed by atoms with Crippen molar-refractivity contribution in [3.8, 4) is 0 Å². The number of amides is 1. The second-order valence-corrected chi connectivity index (χ2v) is 7.70. The van der Waals surface area contributed by atoms with Crippen molar-refractivity contribution in [2.24, 2.45) is 0 Å². The number of thiophene rings is 1. The van der Waals surface area contributed by atoms with Gasteiger partial charge in [-0.2, -0.15) is 0 Å². The third-order valence-corrected chi connectivity index (χ3v) is 5.69. The van der Waals surface area contributed by atoms with E-state index < -0.39 is 5.82 Å². The summed E-state index contributed by atoms with van der Waals surface area (Å²) in [7, 11) is 0. The molecular weight excluding hydrogens is 365 g/mol. The predicted octanol–water partition coefficient (Wildman–Crippen LogP) is 4.07. The summed E-state index contributed by atoms with van der Waals surface area (Å²) in [6.07, 6.45) is 7.08. The highest BCUT2D eigenvalue weighted by atomic mass is 32.1. The van der Waals surface area contributed by atoms with Gasteiger partial charge in [0.1, 0.15) is 5.82 Å². The van der Waals surface area contributed by atoms with E-state index in [1.807, 2.05) is 18.4 Å². The molecule has 3 aromatic rings. The van der Waals surface area contributed by atoms with Crippen molar-refractivity contribution in [3.63, 3.8) is 0 Å². The van der Waals surface area contributed by atoms with Crippen LogP contribution in [0.3, 0.4) is 0 Å². The first-order valence-electron chi connectivity index (χ1n) is 9.03. The van der Waals surface area contributed by atoms with E-state index in [9.17, 15) is 9.18 Å². The smallest absolute Gasteiger partial charge is 0.271 e. The van der Waals surface area contributed by atoms with Crippen LogP contribution in [-0.4, -0.2) is 26.9 Å². The lowest BCUT2D eigenvalue weighted by molar-refractivity contribution is 0.0935. The van der Waals surface area contributed by atoms with E-state index in [4.69, 9.17) is 0 Å². The summed E-state index contributed by atoms with van der Waals surface area (Å²) < 4.78 is 14.2. The van der Waals surface area contributed by atoms with Gasteiger partial charge in [-0.3, -0.25) is 9.78 Å². The molecule has 4 rings (SSSR count). The molecule has 2 N–H and O–H groups in total. The van der Waals surface area contributed by atoms with E-state index in [1.165, 1.54) is 17.4 Å². The summed E-state index contributed by atoms with van der Waals surface area (Å²) in [6.45, 7) is 1.87. The number of fused-ring (bicyclic) bond motifs is 1. The first kappa shape index (κ1) is 17.8. The number of halogens is 1. The molecule has 3 heterocycles. The fraction of sp³-hybridized carbons (Fsp3) is 0.368. The van der Waals surface area contributed by atoms with Crippen molar-refractivity contribution < 1.29 is 9.18 Å². The third-order valence-electron chi connectivity index (χ3n) is 4.78. The Hall–Kier alpha value is -2.61. The van der Waals surface area contributed by atoms with Crippen LogP contribution in [0, 0.1) is 5.82 Å². The lowest BCUT2D eigenvalue weighted by Gasteiger charge is -2.16. The minimum Gasteiger partial charge on any atom is -0.348 e. The van der Waals surface area contributed by atoms with Crippen molar-refractivity contribution in [1.82, 2.24) is 20.3 Å². The summed E-state index contributed by atoms with van der Waals surface area (Å²) in [6, 6.07) is 3.25. The van der Waals surface area contributed by atoms with Gasteiger partial charge in [0, 0.05) is 12.2 Å². The van der Waals surface area contributed by atoms with Crippen LogP contribution in [-0.2, 0) is 0 Å². The van der Waals surface area contributed by atoms with E-state index in [0.717, 1.165) is 42.1 Å². The van der Waals surface area contributed by atoms with Crippen LogP contribution in [0.15, 0.2) is 29.9 Å². The maximum atomic E-state index is 13.4. The Morgan fingerprint density at radius 1 is 1.30 bits per heavy atom. The number of hydrogen-bond acceptors (Lipinski definition) is 6. The first-order valence-corrected chi connectivity index (χ1v) is 9.91. The summed E-state index contributed by atoms with van der Waals surface area (Å²) in [4.78, 5) is 25.6. The van der Waals surface area contributed by atoms with Crippen LogP contribution >= 0.6 is 11.3 Å². The van der Waals surface area contributed by atoms with Gasteiger partial charge in [-0.1, -0.05) is 12.8 Å². The number of carbonyl (C=O) groups excluding carboxylic acids is 1. The molecule has 6 nitrogen and oxygen atoms in total. The van der Waals surface area contributed by atoms with E-state index in [1.54, 1.807) is 6.20 Å². The lowest BCUT2D eigenvalue weighted by atomic mass is 10.1. The normalized spacial score (nSPS) is 15.8. The van der Waals surface area contributed by atoms with Gasteiger partial charge in [0.05, 0.1) is 22.5 Å². The SMILES string of the molecule is CC(Nc1nc(C(=O)NC2CCCC2)c2sccc2n1)c1cncc(F)c1. The Kier molecular flexibility index (Phi) is 4.98. The van der Waals surface area contributed by atoms with Gasteiger partial charge in [0.2, 0.25) is 5.95 Å². The second-order valence-electron chi connectivity index (χ2n) is 6.79. The number of hydrogen-bond donors (Lipinski definition) is 2. The Morgan fingerprint density at radius 3 is 2.89 bits per heavy atom. The van der Waals surface area contributed by atoms with E-state index >= 15 is 0 Å². The molecule has 1 saturated carbocycles. The number of pyridine rings is 1. The maximum absolute atomic E-state index is 13.4. The summed E-state index contributed by atoms with van der Waals surface area (Å²) in [5, 5.41) is 8.14. The Labute approximate surface area is 160 Å². The molecule has 0 saturated heterocycles. The summed E-state index contributed by atoms with van der Waals surface area (Å²) in [5.74, 6) is -0.221. The van der Waals surface area contributed by atoms with Crippen LogP contribution in [0.5, 0.6) is 0 Å². The molecule has 0 aromatic carbocycles. The Bertz CT molecular complexity index is 970. The number of aromatic nitrogens is 3. The number of nitrogens with zero attached hydrogens (tertiary/aromatic N) is 3. The molecule has 3 aromatic heterocycles. The summed E-state index contributed by atoms with van der Waals surface area (Å²) >= 11 is 1.45. The molecule has 1 fully saturated rings. The van der Waals surface area contributed by atoms with Gasteiger partial charge in [-0.15, -0.1) is 11.3 Å². The van der Waals surface area contributed by atoms with Crippen molar-refractivity contribution in [1.29, 1.82) is 0 Å². The van der Waals surface area contributed by atoms with E-state index in [0.29, 0.717) is 17.2 Å². The molecule has 1 aliphatic carbocycles. The minimum absolute atomic E-state index is 0.167. The molecule has 1 unspecified atom stereocenters. The van der Waals surface area contributed by atoms with Gasteiger partial charge in [-0.25, -0.2) is 14.4 Å². The summed E-state index contributed by atoms with van der Waals surface area (Å²) in [5.41, 5.74) is 1.79. The molecule has 0 radical (unpaired) electrons. The molecule has 1 amide bonds. The van der Waals surface area contributed by atoms with Crippen molar-refractivity contribution >= 4 is 33.4 Å². The van der Waals surface area contributed by atoms with Crippen LogP contribution in [0.1, 0.15) is 54.7 Å². The van der Waals surface area contributed by atoms with Crippen molar-refractivity contribution in [2.45, 2.75) is 44.7 Å². The maximum Gasteiger partial charge on any atom is 0.271 e. The highest BCUT2D eigenvalue weighted by Gasteiger charge is 2.22. The molecule has 0 aliphatic heterocycles. The van der Waals surface area contributed by atoms with E-state index in [2.05, 4.69) is 25.6 Å². The highest BCUT2D eigenvalue weighted by molar-refractivity contribution is 7.17. The van der Waals surface area contributed by atoms with Crippen molar-refractivity contribution in [3.05, 3.63) is 47.0 Å². The molecule has 1 aliphatic rings. The average molecular weight is 385 g/mol. The number of carbonyl (C=O) groups is 1. The monoisotopic (exact) mass is 385 g/mol. The molecule has 8 heteroatoms. The van der Waals surface area contributed by atoms with E-state index in [-0.39, 0.29) is 18.0 Å². The van der Waals surface area contributed by atoms with Crippen LogP contribution in [0.25, 0.3) is 10.2 Å². The highest BCUT2D eigenvalue weighted by Crippen LogP contribution is 2.26. The van der Waals surface area contributed by atoms with Crippen LogP contribution in [0.2, 0.25) is 0 Å². The molecular formula is C19H20FN5OS. The van der Waals surface area contributed by atoms with Gasteiger partial charge in [0.15, 0.2) is 5.69 Å². The van der Waals surface area contributed by atoms with Gasteiger partial charge in [0.25, 0.3) is 5.91 Å². The van der Waals surface area contributed by atoms with Crippen LogP contribution < -0.4 is 10.6 Å². The average Bonchev–Trinajstić information content (AvgIpc) is 3.32. The van der Waals surface area contributed by atoms with Gasteiger partial charge >= 0.3 is 0 Å². The zero-order valence-corrected chi connectivity index (χ0v) is 15.7. The largest absolute Gasteiger partial charge is 0.348 e. The zero-order chi connectivity index (χ0) is 18.8. The predicted molar refractivity (Wildman–Crippen MR) is 103 cm³/mol.